The molecule has 100 valence electrons. The molecule has 2 heterocycles. The normalized spacial score (nSPS) is 18.2. The average Bonchev–Trinajstić information content (AvgIpc) is 2.50. The molecule has 0 saturated carbocycles. The third kappa shape index (κ3) is 2.32. The van der Waals surface area contributed by atoms with Gasteiger partial charge in [-0.25, -0.2) is 4.98 Å². The minimum absolute atomic E-state index is 0.0917. The van der Waals surface area contributed by atoms with Gasteiger partial charge in [0.15, 0.2) is 5.79 Å². The number of fused-ring (bicyclic) bond motifs is 1. The highest BCUT2D eigenvalue weighted by atomic mass is 16.7. The van der Waals surface area contributed by atoms with Crippen LogP contribution in [0.4, 0.5) is 0 Å². The topological polar surface area (TPSA) is 92.0 Å². The van der Waals surface area contributed by atoms with Crippen molar-refractivity contribution < 1.29 is 24.8 Å². The van der Waals surface area contributed by atoms with Crippen molar-refractivity contribution >= 4 is 0 Å². The van der Waals surface area contributed by atoms with Crippen molar-refractivity contribution in [3.63, 3.8) is 0 Å². The van der Waals surface area contributed by atoms with E-state index in [4.69, 9.17) is 14.6 Å². The number of nitrogens with zero attached hydrogens (tertiary/aromatic N) is 1. The van der Waals surface area contributed by atoms with Gasteiger partial charge in [-0.1, -0.05) is 0 Å². The quantitative estimate of drug-likeness (QED) is 0.715. The molecule has 0 amide bonds. The lowest BCUT2D eigenvalue weighted by molar-refractivity contribution is -0.219. The van der Waals surface area contributed by atoms with Crippen LogP contribution >= 0.6 is 0 Å². The van der Waals surface area contributed by atoms with Gasteiger partial charge in [-0.2, -0.15) is 0 Å². The van der Waals surface area contributed by atoms with Crippen molar-refractivity contribution in [2.24, 2.45) is 0 Å². The lowest BCUT2D eigenvalue weighted by atomic mass is 10.0. The van der Waals surface area contributed by atoms with Gasteiger partial charge in [-0.15, -0.1) is 0 Å². The Labute approximate surface area is 105 Å². The molecule has 18 heavy (non-hydrogen) atoms. The highest BCUT2D eigenvalue weighted by Gasteiger charge is 2.28. The Bertz CT molecular complexity index is 458. The van der Waals surface area contributed by atoms with E-state index in [9.17, 15) is 10.2 Å². The van der Waals surface area contributed by atoms with E-state index in [-0.39, 0.29) is 31.3 Å². The summed E-state index contributed by atoms with van der Waals surface area (Å²) in [5.41, 5.74) is 1.68. The van der Waals surface area contributed by atoms with Crippen LogP contribution in [0.15, 0.2) is 0 Å². The van der Waals surface area contributed by atoms with E-state index in [0.29, 0.717) is 16.8 Å². The van der Waals surface area contributed by atoms with Gasteiger partial charge < -0.3 is 24.8 Å². The molecule has 2 rings (SSSR count). The summed E-state index contributed by atoms with van der Waals surface area (Å²) in [6, 6.07) is 0. The number of pyridine rings is 1. The molecule has 0 aromatic carbocycles. The summed E-state index contributed by atoms with van der Waals surface area (Å²) in [4.78, 5) is 4.03. The molecule has 0 saturated heterocycles. The van der Waals surface area contributed by atoms with Crippen LogP contribution in [0.1, 0.15) is 36.4 Å². The minimum atomic E-state index is -0.766. The van der Waals surface area contributed by atoms with Crippen molar-refractivity contribution in [3.05, 3.63) is 22.5 Å². The number of rotatable bonds is 2. The molecule has 1 aromatic heterocycles. The number of ether oxygens (including phenoxy) is 2. The fourth-order valence-corrected chi connectivity index (χ4v) is 1.88. The van der Waals surface area contributed by atoms with Crippen LogP contribution in [0.5, 0.6) is 5.75 Å². The van der Waals surface area contributed by atoms with E-state index in [1.165, 1.54) is 0 Å². The second kappa shape index (κ2) is 4.81. The largest absolute Gasteiger partial charge is 0.506 e. The maximum atomic E-state index is 10.0. The zero-order valence-corrected chi connectivity index (χ0v) is 10.4. The molecule has 6 heteroatoms. The van der Waals surface area contributed by atoms with Crippen LogP contribution in [0.25, 0.3) is 0 Å². The summed E-state index contributed by atoms with van der Waals surface area (Å²) in [6.07, 6.45) is 0. The molecule has 0 atom stereocenters. The maximum absolute atomic E-state index is 10.0. The Morgan fingerprint density at radius 2 is 1.61 bits per heavy atom. The first kappa shape index (κ1) is 13.2. The van der Waals surface area contributed by atoms with Gasteiger partial charge in [0.1, 0.15) is 11.4 Å². The molecule has 0 spiro atoms. The van der Waals surface area contributed by atoms with Gasteiger partial charge in [-0.05, 0) is 13.8 Å². The average molecular weight is 255 g/mol. The first-order chi connectivity index (χ1) is 8.48. The summed E-state index contributed by atoms with van der Waals surface area (Å²) in [7, 11) is 0. The summed E-state index contributed by atoms with van der Waals surface area (Å²) in [5.74, 6) is -0.858. The number of aromatic hydroxyl groups is 1. The van der Waals surface area contributed by atoms with Gasteiger partial charge in [0.25, 0.3) is 0 Å². The van der Waals surface area contributed by atoms with Gasteiger partial charge in [0, 0.05) is 11.1 Å². The van der Waals surface area contributed by atoms with Crippen molar-refractivity contribution in [2.75, 3.05) is 0 Å². The van der Waals surface area contributed by atoms with Crippen LogP contribution in [-0.2, 0) is 35.9 Å². The maximum Gasteiger partial charge on any atom is 0.163 e. The van der Waals surface area contributed by atoms with Gasteiger partial charge in [0.05, 0.1) is 32.1 Å². The highest BCUT2D eigenvalue weighted by molar-refractivity contribution is 5.44. The Kier molecular flexibility index (Phi) is 3.54. The van der Waals surface area contributed by atoms with Crippen molar-refractivity contribution in [2.45, 2.75) is 46.1 Å². The molecule has 6 nitrogen and oxygen atoms in total. The molecule has 1 aromatic rings. The van der Waals surface area contributed by atoms with Crippen molar-refractivity contribution in [1.82, 2.24) is 4.98 Å². The number of aromatic nitrogens is 1. The first-order valence-electron chi connectivity index (χ1n) is 5.70. The summed E-state index contributed by atoms with van der Waals surface area (Å²) < 4.78 is 11.1. The molecular formula is C12H17NO5. The molecule has 0 unspecified atom stereocenters. The fraction of sp³-hybridized carbons (Fsp3) is 0.583. The Hall–Kier alpha value is -1.21. The SMILES string of the molecule is CC1(C)OCc2c(CO)nc(CO)c(O)c2CO1. The summed E-state index contributed by atoms with van der Waals surface area (Å²) in [6.45, 7) is 3.22. The smallest absolute Gasteiger partial charge is 0.163 e. The number of hydrogen-bond acceptors (Lipinski definition) is 6. The lowest BCUT2D eigenvalue weighted by Crippen LogP contribution is -2.25. The first-order valence-corrected chi connectivity index (χ1v) is 5.70. The minimum Gasteiger partial charge on any atom is -0.506 e. The van der Waals surface area contributed by atoms with E-state index >= 15 is 0 Å². The molecule has 0 bridgehead atoms. The third-order valence-electron chi connectivity index (χ3n) is 2.97. The summed E-state index contributed by atoms with van der Waals surface area (Å²) in [5, 5.41) is 28.5. The van der Waals surface area contributed by atoms with Crippen LogP contribution < -0.4 is 0 Å². The number of aliphatic hydroxyl groups is 2. The number of aliphatic hydroxyl groups excluding tert-OH is 2. The van der Waals surface area contributed by atoms with E-state index in [0.717, 1.165) is 0 Å². The molecule has 1 aliphatic heterocycles. The Balaban J connectivity index is 2.52. The van der Waals surface area contributed by atoms with E-state index < -0.39 is 12.4 Å². The van der Waals surface area contributed by atoms with Gasteiger partial charge in [0.2, 0.25) is 0 Å². The standard InChI is InChI=1S/C12H17NO5/c1-12(2)17-5-7-8(6-18-12)11(16)10(4-15)13-9(7)3-14/h14-16H,3-6H2,1-2H3. The number of hydrogen-bond donors (Lipinski definition) is 3. The third-order valence-corrected chi connectivity index (χ3v) is 2.97. The van der Waals surface area contributed by atoms with Crippen LogP contribution in [0.2, 0.25) is 0 Å². The Morgan fingerprint density at radius 1 is 1.06 bits per heavy atom. The lowest BCUT2D eigenvalue weighted by Gasteiger charge is -2.22. The predicted octanol–water partition coefficient (Wildman–Crippen LogP) is 0.555. The molecular weight excluding hydrogens is 238 g/mol. The second-order valence-corrected chi connectivity index (χ2v) is 4.60. The van der Waals surface area contributed by atoms with E-state index in [1.54, 1.807) is 13.8 Å². The Morgan fingerprint density at radius 3 is 2.17 bits per heavy atom. The monoisotopic (exact) mass is 255 g/mol. The summed E-state index contributed by atoms with van der Waals surface area (Å²) >= 11 is 0. The molecule has 3 N–H and O–H groups in total. The van der Waals surface area contributed by atoms with Crippen LogP contribution in [-0.4, -0.2) is 26.1 Å². The molecule has 1 aliphatic rings. The second-order valence-electron chi connectivity index (χ2n) is 4.60. The van der Waals surface area contributed by atoms with Crippen molar-refractivity contribution in [3.8, 4) is 5.75 Å². The highest BCUT2D eigenvalue weighted by Crippen LogP contribution is 2.33. The molecule has 0 fully saturated rings. The van der Waals surface area contributed by atoms with Gasteiger partial charge in [-0.3, -0.25) is 0 Å². The van der Waals surface area contributed by atoms with Gasteiger partial charge >= 0.3 is 0 Å². The zero-order valence-electron chi connectivity index (χ0n) is 10.4. The fourth-order valence-electron chi connectivity index (χ4n) is 1.88. The zero-order chi connectivity index (χ0) is 13.3. The van der Waals surface area contributed by atoms with Crippen LogP contribution in [0.3, 0.4) is 0 Å². The van der Waals surface area contributed by atoms with Crippen molar-refractivity contribution in [1.29, 1.82) is 0 Å². The van der Waals surface area contributed by atoms with Crippen LogP contribution in [0, 0.1) is 0 Å². The molecule has 0 radical (unpaired) electrons. The van der Waals surface area contributed by atoms with E-state index in [2.05, 4.69) is 4.98 Å². The predicted molar refractivity (Wildman–Crippen MR) is 61.4 cm³/mol. The molecule has 0 aliphatic carbocycles. The van der Waals surface area contributed by atoms with E-state index in [1.807, 2.05) is 0 Å².